The van der Waals surface area contributed by atoms with Gasteiger partial charge in [-0.1, -0.05) is 0 Å². The quantitative estimate of drug-likeness (QED) is 0.591. The average molecular weight is 245 g/mol. The highest BCUT2D eigenvalue weighted by Crippen LogP contribution is 2.32. The van der Waals surface area contributed by atoms with Gasteiger partial charge in [0.25, 0.3) is 9.84 Å². The SMILES string of the molecule is O=S(=O)(c1ccc(F)cc1)C(F)(F)Cl. The van der Waals surface area contributed by atoms with E-state index in [1.54, 1.807) is 0 Å². The van der Waals surface area contributed by atoms with E-state index < -0.39 is 25.3 Å². The minimum atomic E-state index is -4.93. The summed E-state index contributed by atoms with van der Waals surface area (Å²) >= 11 is 4.38. The molecule has 7 heteroatoms. The van der Waals surface area contributed by atoms with Gasteiger partial charge >= 0.3 is 4.71 Å². The molecule has 0 aliphatic carbocycles. The molecular formula is C7H4ClF3O2S. The molecule has 0 radical (unpaired) electrons. The second-order valence-electron chi connectivity index (χ2n) is 2.40. The second-order valence-corrected chi connectivity index (χ2v) is 5.09. The number of rotatable bonds is 2. The average Bonchev–Trinajstić information content (AvgIpc) is 2.03. The molecule has 1 aromatic carbocycles. The van der Waals surface area contributed by atoms with Crippen LogP contribution in [0.2, 0.25) is 0 Å². The highest BCUT2D eigenvalue weighted by atomic mass is 35.5. The number of alkyl halides is 3. The van der Waals surface area contributed by atoms with E-state index in [-0.39, 0.29) is 0 Å². The largest absolute Gasteiger partial charge is 0.427 e. The Morgan fingerprint density at radius 2 is 1.57 bits per heavy atom. The summed E-state index contributed by atoms with van der Waals surface area (Å²) in [6, 6.07) is 2.97. The zero-order valence-corrected chi connectivity index (χ0v) is 8.12. The fourth-order valence-corrected chi connectivity index (χ4v) is 1.78. The van der Waals surface area contributed by atoms with Crippen LogP contribution in [0.15, 0.2) is 29.2 Å². The normalized spacial score (nSPS) is 12.9. The van der Waals surface area contributed by atoms with Gasteiger partial charge in [0.1, 0.15) is 5.82 Å². The molecule has 0 aromatic heterocycles. The van der Waals surface area contributed by atoms with Crippen molar-refractivity contribution in [2.45, 2.75) is 9.61 Å². The van der Waals surface area contributed by atoms with Crippen LogP contribution < -0.4 is 0 Å². The number of halogens is 4. The van der Waals surface area contributed by atoms with Crippen molar-refractivity contribution in [3.05, 3.63) is 30.1 Å². The molecule has 0 heterocycles. The van der Waals surface area contributed by atoms with Crippen LogP contribution in [-0.2, 0) is 9.84 Å². The van der Waals surface area contributed by atoms with Gasteiger partial charge in [0, 0.05) is 0 Å². The van der Waals surface area contributed by atoms with Crippen LogP contribution in [0, 0.1) is 5.82 Å². The predicted octanol–water partition coefficient (Wildman–Crippen LogP) is 2.39. The Bertz CT molecular complexity index is 421. The molecule has 1 rings (SSSR count). The molecular weight excluding hydrogens is 241 g/mol. The van der Waals surface area contributed by atoms with Crippen LogP contribution in [0.5, 0.6) is 0 Å². The Labute approximate surface area is 83.2 Å². The summed E-state index contributed by atoms with van der Waals surface area (Å²) in [5.74, 6) is -0.721. The summed E-state index contributed by atoms with van der Waals surface area (Å²) in [4.78, 5) is -0.723. The van der Waals surface area contributed by atoms with Crippen molar-refractivity contribution in [3.8, 4) is 0 Å². The maximum atomic E-state index is 12.4. The van der Waals surface area contributed by atoms with Gasteiger partial charge in [0.2, 0.25) is 0 Å². The maximum Gasteiger partial charge on any atom is 0.427 e. The third kappa shape index (κ3) is 2.01. The lowest BCUT2D eigenvalue weighted by atomic mass is 10.4. The molecule has 0 bridgehead atoms. The van der Waals surface area contributed by atoms with Crippen molar-refractivity contribution in [1.29, 1.82) is 0 Å². The van der Waals surface area contributed by atoms with Gasteiger partial charge in [0.05, 0.1) is 4.90 Å². The molecule has 0 saturated carbocycles. The Morgan fingerprint density at radius 1 is 1.14 bits per heavy atom. The summed E-state index contributed by atoms with van der Waals surface area (Å²) in [5, 5.41) is 0. The minimum Gasteiger partial charge on any atom is -0.216 e. The summed E-state index contributed by atoms with van der Waals surface area (Å²) in [7, 11) is -4.93. The summed E-state index contributed by atoms with van der Waals surface area (Å²) in [5.41, 5.74) is 0. The van der Waals surface area contributed by atoms with E-state index in [4.69, 9.17) is 0 Å². The van der Waals surface area contributed by atoms with E-state index in [1.165, 1.54) is 0 Å². The number of hydrogen-bond acceptors (Lipinski definition) is 2. The van der Waals surface area contributed by atoms with Crippen molar-refractivity contribution in [3.63, 3.8) is 0 Å². The van der Waals surface area contributed by atoms with Crippen molar-refractivity contribution < 1.29 is 21.6 Å². The third-order valence-electron chi connectivity index (χ3n) is 1.43. The van der Waals surface area contributed by atoms with Crippen molar-refractivity contribution in [2.24, 2.45) is 0 Å². The lowest BCUT2D eigenvalue weighted by Gasteiger charge is -2.08. The molecule has 78 valence electrons. The molecule has 2 nitrogen and oxygen atoms in total. The number of benzene rings is 1. The topological polar surface area (TPSA) is 34.1 Å². The first kappa shape index (κ1) is 11.3. The molecule has 0 saturated heterocycles. The van der Waals surface area contributed by atoms with E-state index in [9.17, 15) is 21.6 Å². The lowest BCUT2D eigenvalue weighted by Crippen LogP contribution is -2.21. The molecule has 0 spiro atoms. The van der Waals surface area contributed by atoms with Gasteiger partial charge in [0.15, 0.2) is 0 Å². The van der Waals surface area contributed by atoms with E-state index in [1.807, 2.05) is 0 Å². The lowest BCUT2D eigenvalue weighted by molar-refractivity contribution is 0.187. The van der Waals surface area contributed by atoms with Gasteiger partial charge in [-0.3, -0.25) is 0 Å². The van der Waals surface area contributed by atoms with E-state index >= 15 is 0 Å². The molecule has 0 aliphatic rings. The first-order valence-corrected chi connectivity index (χ1v) is 5.18. The smallest absolute Gasteiger partial charge is 0.216 e. The Kier molecular flexibility index (Phi) is 2.78. The standard InChI is InChI=1S/C7H4ClF3O2S/c8-7(10,11)14(12,13)6-3-1-5(9)2-4-6/h1-4H. The van der Waals surface area contributed by atoms with E-state index in [0.29, 0.717) is 0 Å². The van der Waals surface area contributed by atoms with E-state index in [2.05, 4.69) is 11.6 Å². The molecule has 0 N–H and O–H groups in total. The van der Waals surface area contributed by atoms with Crippen LogP contribution in [-0.4, -0.2) is 13.1 Å². The number of hydrogen-bond donors (Lipinski definition) is 0. The van der Waals surface area contributed by atoms with Gasteiger partial charge < -0.3 is 0 Å². The fourth-order valence-electron chi connectivity index (χ4n) is 0.747. The second kappa shape index (κ2) is 3.43. The van der Waals surface area contributed by atoms with Crippen LogP contribution >= 0.6 is 11.6 Å². The highest BCUT2D eigenvalue weighted by Gasteiger charge is 2.43. The molecule has 0 unspecified atom stereocenters. The number of sulfone groups is 1. The van der Waals surface area contributed by atoms with Gasteiger partial charge in [-0.2, -0.15) is 8.78 Å². The summed E-state index contributed by atoms with van der Waals surface area (Å²) in [6.07, 6.45) is 0. The van der Waals surface area contributed by atoms with Crippen LogP contribution in [0.4, 0.5) is 13.2 Å². The fraction of sp³-hybridized carbons (Fsp3) is 0.143. The molecule has 0 fully saturated rings. The highest BCUT2D eigenvalue weighted by molar-refractivity contribution is 7.93. The van der Waals surface area contributed by atoms with Gasteiger partial charge in [-0.15, -0.1) is 0 Å². The molecule has 0 aliphatic heterocycles. The zero-order chi connectivity index (χ0) is 11.0. The first-order valence-electron chi connectivity index (χ1n) is 3.32. The molecule has 0 amide bonds. The molecule has 14 heavy (non-hydrogen) atoms. The van der Waals surface area contributed by atoms with E-state index in [0.717, 1.165) is 24.3 Å². The minimum absolute atomic E-state index is 0.721. The zero-order valence-electron chi connectivity index (χ0n) is 6.55. The van der Waals surface area contributed by atoms with Crippen LogP contribution in [0.1, 0.15) is 0 Å². The monoisotopic (exact) mass is 244 g/mol. The predicted molar refractivity (Wildman–Crippen MR) is 44.4 cm³/mol. The van der Waals surface area contributed by atoms with Crippen molar-refractivity contribution in [1.82, 2.24) is 0 Å². The van der Waals surface area contributed by atoms with Crippen LogP contribution in [0.25, 0.3) is 0 Å². The maximum absolute atomic E-state index is 12.4. The Hall–Kier alpha value is -0.750. The van der Waals surface area contributed by atoms with Gasteiger partial charge in [-0.25, -0.2) is 12.8 Å². The van der Waals surface area contributed by atoms with Crippen molar-refractivity contribution in [2.75, 3.05) is 0 Å². The van der Waals surface area contributed by atoms with Crippen LogP contribution in [0.3, 0.4) is 0 Å². The molecule has 1 aromatic rings. The Morgan fingerprint density at radius 3 is 1.93 bits per heavy atom. The first-order chi connectivity index (χ1) is 6.25. The molecule has 0 atom stereocenters. The summed E-state index contributed by atoms with van der Waals surface area (Å²) in [6.45, 7) is 0. The summed E-state index contributed by atoms with van der Waals surface area (Å²) < 4.78 is 54.6. The van der Waals surface area contributed by atoms with Crippen molar-refractivity contribution >= 4 is 21.4 Å². The third-order valence-corrected chi connectivity index (χ3v) is 3.54. The van der Waals surface area contributed by atoms with Gasteiger partial charge in [-0.05, 0) is 35.9 Å². The Balaban J connectivity index is 3.25.